The molecule has 0 aliphatic heterocycles. The van der Waals surface area contributed by atoms with E-state index in [1.807, 2.05) is 30.3 Å². The molecule has 2 nitrogen and oxygen atoms in total. The number of hydrogen-bond donors (Lipinski definition) is 0. The third-order valence-electron chi connectivity index (χ3n) is 3.34. The Hall–Kier alpha value is -0.510. The monoisotopic (exact) mass is 412 g/mol. The van der Waals surface area contributed by atoms with Crippen molar-refractivity contribution in [2.24, 2.45) is 0 Å². The van der Waals surface area contributed by atoms with E-state index in [9.17, 15) is 0 Å². The second kappa shape index (κ2) is 7.58. The molecule has 1 unspecified atom stereocenters. The summed E-state index contributed by atoms with van der Waals surface area (Å²) in [7, 11) is 2.96. The topological polar surface area (TPSA) is 18.5 Å². The quantitative estimate of drug-likeness (QED) is 0.531. The van der Waals surface area contributed by atoms with Gasteiger partial charge in [-0.15, -0.1) is 0 Å². The van der Waals surface area contributed by atoms with Gasteiger partial charge in [-0.25, -0.2) is 0 Å². The maximum atomic E-state index is 6.24. The summed E-state index contributed by atoms with van der Waals surface area (Å²) in [4.78, 5) is 0. The Balaban J connectivity index is 2.76. The van der Waals surface area contributed by atoms with Crippen molar-refractivity contribution in [1.29, 1.82) is 0 Å². The Morgan fingerprint density at radius 1 is 0.913 bits per heavy atom. The molecule has 0 radical (unpaired) electrons. The summed E-state index contributed by atoms with van der Waals surface area (Å²) >= 11 is 31.1. The fraction of sp³-hybridized carbons (Fsp3) is 0.250. The fourth-order valence-corrected chi connectivity index (χ4v) is 3.55. The molecule has 0 saturated heterocycles. The highest BCUT2D eigenvalue weighted by Gasteiger charge is 2.38. The molecule has 0 aromatic heterocycles. The Morgan fingerprint density at radius 2 is 1.48 bits per heavy atom. The first-order valence-electron chi connectivity index (χ1n) is 6.52. The van der Waals surface area contributed by atoms with Crippen LogP contribution in [0.4, 0.5) is 0 Å². The van der Waals surface area contributed by atoms with Crippen LogP contribution in [0.2, 0.25) is 10.0 Å². The maximum Gasteiger partial charge on any atom is 0.201 e. The second-order valence-electron chi connectivity index (χ2n) is 4.71. The van der Waals surface area contributed by atoms with Crippen molar-refractivity contribution >= 4 is 58.0 Å². The summed E-state index contributed by atoms with van der Waals surface area (Å²) in [5.74, 6) is 0.0567. The minimum Gasteiger partial charge on any atom is -0.492 e. The highest BCUT2D eigenvalue weighted by atomic mass is 35.6. The van der Waals surface area contributed by atoms with E-state index in [2.05, 4.69) is 0 Å². The van der Waals surface area contributed by atoms with Crippen molar-refractivity contribution in [3.05, 3.63) is 57.6 Å². The zero-order valence-corrected chi connectivity index (χ0v) is 16.0. The molecule has 2 aromatic carbocycles. The third-order valence-corrected chi connectivity index (χ3v) is 4.76. The lowest BCUT2D eigenvalue weighted by Crippen LogP contribution is -2.19. The lowest BCUT2D eigenvalue weighted by Gasteiger charge is -2.28. The molecule has 0 aliphatic carbocycles. The minimum absolute atomic E-state index is 0.242. The lowest BCUT2D eigenvalue weighted by molar-refractivity contribution is 0.350. The Morgan fingerprint density at radius 3 is 1.96 bits per heavy atom. The normalized spacial score (nSPS) is 12.8. The number of methoxy groups -OCH3 is 2. The van der Waals surface area contributed by atoms with E-state index in [1.54, 1.807) is 6.07 Å². The standard InChI is InChI=1S/C16H13Cl5O2/c1-22-14-10(8-11(17)13(18)15(14)23-2)12(16(19,20)21)9-6-4-3-5-7-9/h3-8,12H,1-2H3. The molecule has 124 valence electrons. The molecule has 0 heterocycles. The SMILES string of the molecule is COc1c(C(c2ccccc2)C(Cl)(Cl)Cl)cc(Cl)c(Cl)c1OC. The van der Waals surface area contributed by atoms with Crippen LogP contribution in [0, 0.1) is 0 Å². The molecule has 0 N–H and O–H groups in total. The van der Waals surface area contributed by atoms with Crippen molar-refractivity contribution in [2.75, 3.05) is 14.2 Å². The van der Waals surface area contributed by atoms with Gasteiger partial charge in [0.05, 0.1) is 25.2 Å². The van der Waals surface area contributed by atoms with Crippen molar-refractivity contribution in [2.45, 2.75) is 9.71 Å². The Labute approximate surface area is 160 Å². The van der Waals surface area contributed by atoms with E-state index in [-0.39, 0.29) is 10.0 Å². The zero-order chi connectivity index (χ0) is 17.2. The largest absolute Gasteiger partial charge is 0.492 e. The Kier molecular flexibility index (Phi) is 6.21. The molecule has 7 heteroatoms. The van der Waals surface area contributed by atoms with Gasteiger partial charge in [0, 0.05) is 5.56 Å². The van der Waals surface area contributed by atoms with Crippen LogP contribution in [-0.4, -0.2) is 18.0 Å². The van der Waals surface area contributed by atoms with Gasteiger partial charge in [0.25, 0.3) is 0 Å². The van der Waals surface area contributed by atoms with E-state index >= 15 is 0 Å². The fourth-order valence-electron chi connectivity index (χ4n) is 2.40. The van der Waals surface area contributed by atoms with E-state index < -0.39 is 9.71 Å². The van der Waals surface area contributed by atoms with Gasteiger partial charge in [-0.2, -0.15) is 0 Å². The molecule has 0 amide bonds. The van der Waals surface area contributed by atoms with Gasteiger partial charge < -0.3 is 9.47 Å². The summed E-state index contributed by atoms with van der Waals surface area (Å²) in [5.41, 5.74) is 1.37. The van der Waals surface area contributed by atoms with Gasteiger partial charge in [0.15, 0.2) is 11.5 Å². The Bertz CT molecular complexity index is 683. The molecule has 0 aliphatic rings. The summed E-state index contributed by atoms with van der Waals surface area (Å²) in [6, 6.07) is 11.0. The van der Waals surface area contributed by atoms with Crippen LogP contribution in [0.5, 0.6) is 11.5 Å². The van der Waals surface area contributed by atoms with Crippen LogP contribution in [0.25, 0.3) is 0 Å². The molecule has 0 saturated carbocycles. The van der Waals surface area contributed by atoms with Crippen LogP contribution >= 0.6 is 58.0 Å². The van der Waals surface area contributed by atoms with Crippen LogP contribution < -0.4 is 9.47 Å². The lowest BCUT2D eigenvalue weighted by atomic mass is 9.91. The number of rotatable bonds is 4. The molecule has 2 rings (SSSR count). The van der Waals surface area contributed by atoms with E-state index in [0.29, 0.717) is 17.1 Å². The van der Waals surface area contributed by atoms with Gasteiger partial charge >= 0.3 is 0 Å². The predicted octanol–water partition coefficient (Wildman–Crippen LogP) is 6.51. The summed E-state index contributed by atoms with van der Waals surface area (Å²) in [6.07, 6.45) is 0. The van der Waals surface area contributed by atoms with E-state index in [4.69, 9.17) is 67.5 Å². The molecule has 0 fully saturated rings. The zero-order valence-electron chi connectivity index (χ0n) is 12.2. The second-order valence-corrected chi connectivity index (χ2v) is 7.87. The first-order chi connectivity index (χ1) is 10.8. The summed E-state index contributed by atoms with van der Waals surface area (Å²) in [6.45, 7) is 0. The van der Waals surface area contributed by atoms with Gasteiger partial charge in [0.1, 0.15) is 5.02 Å². The van der Waals surface area contributed by atoms with Crippen molar-refractivity contribution < 1.29 is 9.47 Å². The van der Waals surface area contributed by atoms with Gasteiger partial charge in [-0.05, 0) is 11.6 Å². The average Bonchev–Trinajstić information content (AvgIpc) is 2.50. The molecular formula is C16H13Cl5O2. The number of halogens is 5. The summed E-state index contributed by atoms with van der Waals surface area (Å²) in [5, 5.41) is 0.528. The van der Waals surface area contributed by atoms with Gasteiger partial charge in [-0.1, -0.05) is 88.3 Å². The molecular weight excluding hydrogens is 401 g/mol. The minimum atomic E-state index is -1.63. The van der Waals surface area contributed by atoms with Crippen molar-refractivity contribution in [3.63, 3.8) is 0 Å². The van der Waals surface area contributed by atoms with Crippen molar-refractivity contribution in [1.82, 2.24) is 0 Å². The van der Waals surface area contributed by atoms with Crippen LogP contribution in [0.15, 0.2) is 36.4 Å². The maximum absolute atomic E-state index is 6.24. The van der Waals surface area contributed by atoms with Crippen LogP contribution in [0.1, 0.15) is 17.0 Å². The average molecular weight is 415 g/mol. The molecule has 23 heavy (non-hydrogen) atoms. The summed E-state index contributed by atoms with van der Waals surface area (Å²) < 4.78 is 9.15. The number of benzene rings is 2. The van der Waals surface area contributed by atoms with Gasteiger partial charge in [0.2, 0.25) is 3.79 Å². The molecule has 0 spiro atoms. The van der Waals surface area contributed by atoms with Gasteiger partial charge in [-0.3, -0.25) is 0 Å². The van der Waals surface area contributed by atoms with Crippen molar-refractivity contribution in [3.8, 4) is 11.5 Å². The number of ether oxygens (including phenoxy) is 2. The first kappa shape index (κ1) is 18.8. The van der Waals surface area contributed by atoms with Crippen LogP contribution in [-0.2, 0) is 0 Å². The van der Waals surface area contributed by atoms with E-state index in [1.165, 1.54) is 14.2 Å². The smallest absolute Gasteiger partial charge is 0.201 e. The highest BCUT2D eigenvalue weighted by molar-refractivity contribution is 6.68. The first-order valence-corrected chi connectivity index (χ1v) is 8.41. The predicted molar refractivity (Wildman–Crippen MR) is 98.1 cm³/mol. The third kappa shape index (κ3) is 3.94. The number of hydrogen-bond acceptors (Lipinski definition) is 2. The molecule has 0 bridgehead atoms. The molecule has 2 aromatic rings. The van der Waals surface area contributed by atoms with Crippen LogP contribution in [0.3, 0.4) is 0 Å². The molecule has 1 atom stereocenters. The highest BCUT2D eigenvalue weighted by Crippen LogP contribution is 2.53. The number of alkyl halides is 3. The van der Waals surface area contributed by atoms with E-state index in [0.717, 1.165) is 5.56 Å².